The topological polar surface area (TPSA) is 99.8 Å². The Hall–Kier alpha value is -2.87. The highest BCUT2D eigenvalue weighted by molar-refractivity contribution is 7.91. The lowest BCUT2D eigenvalue weighted by atomic mass is 9.95. The van der Waals surface area contributed by atoms with E-state index in [4.69, 9.17) is 0 Å². The van der Waals surface area contributed by atoms with Gasteiger partial charge in [0.05, 0.1) is 9.79 Å². The molecule has 2 aliphatic rings. The molecule has 0 unspecified atom stereocenters. The SMILES string of the molecule is O=S(=O)(c1ccccc1)c1cc(Nc2cc(CC3CC3)[nH]n2)nc(NC2CCCCC2)c1. The van der Waals surface area contributed by atoms with Gasteiger partial charge < -0.3 is 10.6 Å². The molecule has 0 amide bonds. The van der Waals surface area contributed by atoms with Crippen molar-refractivity contribution in [3.63, 3.8) is 0 Å². The van der Waals surface area contributed by atoms with Crippen LogP contribution in [-0.4, -0.2) is 29.6 Å². The van der Waals surface area contributed by atoms with E-state index in [1.54, 1.807) is 36.4 Å². The summed E-state index contributed by atoms with van der Waals surface area (Å²) in [6.07, 6.45) is 9.32. The lowest BCUT2D eigenvalue weighted by Gasteiger charge is -2.23. The fourth-order valence-electron chi connectivity index (χ4n) is 4.28. The zero-order valence-electron chi connectivity index (χ0n) is 18.0. The molecule has 0 atom stereocenters. The summed E-state index contributed by atoms with van der Waals surface area (Å²) in [7, 11) is -3.67. The molecule has 2 aliphatic carbocycles. The van der Waals surface area contributed by atoms with Crippen molar-refractivity contribution in [2.24, 2.45) is 5.92 Å². The number of aromatic amines is 1. The Morgan fingerprint density at radius 3 is 2.38 bits per heavy atom. The second-order valence-electron chi connectivity index (χ2n) is 8.92. The van der Waals surface area contributed by atoms with Crippen molar-refractivity contribution >= 4 is 27.3 Å². The minimum atomic E-state index is -3.67. The number of nitrogens with zero attached hydrogens (tertiary/aromatic N) is 2. The Morgan fingerprint density at radius 2 is 1.62 bits per heavy atom. The highest BCUT2D eigenvalue weighted by Gasteiger charge is 2.23. The van der Waals surface area contributed by atoms with Crippen LogP contribution in [0.1, 0.15) is 50.6 Å². The van der Waals surface area contributed by atoms with E-state index in [1.165, 1.54) is 32.1 Å². The zero-order chi connectivity index (χ0) is 22.0. The van der Waals surface area contributed by atoms with E-state index >= 15 is 0 Å². The van der Waals surface area contributed by atoms with Gasteiger partial charge in [-0.1, -0.05) is 37.5 Å². The van der Waals surface area contributed by atoms with E-state index in [2.05, 4.69) is 25.8 Å². The summed E-state index contributed by atoms with van der Waals surface area (Å²) < 4.78 is 26.6. The maximum Gasteiger partial charge on any atom is 0.206 e. The molecule has 2 heterocycles. The van der Waals surface area contributed by atoms with Gasteiger partial charge in [0.15, 0.2) is 5.82 Å². The van der Waals surface area contributed by atoms with Crippen LogP contribution in [0, 0.1) is 5.92 Å². The summed E-state index contributed by atoms with van der Waals surface area (Å²) in [6, 6.07) is 14.0. The Bertz CT molecular complexity index is 1170. The molecule has 7 nitrogen and oxygen atoms in total. The lowest BCUT2D eigenvalue weighted by Crippen LogP contribution is -2.23. The number of nitrogens with one attached hydrogen (secondary N) is 3. The quantitative estimate of drug-likeness (QED) is 0.442. The first-order valence-electron chi connectivity index (χ1n) is 11.5. The summed E-state index contributed by atoms with van der Waals surface area (Å²) in [5.74, 6) is 2.44. The van der Waals surface area contributed by atoms with E-state index in [0.717, 1.165) is 30.9 Å². The predicted molar refractivity (Wildman–Crippen MR) is 125 cm³/mol. The largest absolute Gasteiger partial charge is 0.367 e. The van der Waals surface area contributed by atoms with Crippen molar-refractivity contribution < 1.29 is 8.42 Å². The van der Waals surface area contributed by atoms with E-state index in [-0.39, 0.29) is 9.79 Å². The van der Waals surface area contributed by atoms with Crippen LogP contribution in [0.3, 0.4) is 0 Å². The lowest BCUT2D eigenvalue weighted by molar-refractivity contribution is 0.462. The van der Waals surface area contributed by atoms with Crippen LogP contribution in [0.5, 0.6) is 0 Å². The number of H-pyrrole nitrogens is 1. The molecule has 2 aromatic heterocycles. The third-order valence-electron chi connectivity index (χ3n) is 6.21. The summed E-state index contributed by atoms with van der Waals surface area (Å²) in [4.78, 5) is 5.16. The summed E-state index contributed by atoms with van der Waals surface area (Å²) in [5.41, 5.74) is 1.09. The van der Waals surface area contributed by atoms with Crippen LogP contribution >= 0.6 is 0 Å². The maximum absolute atomic E-state index is 13.3. The van der Waals surface area contributed by atoms with Gasteiger partial charge >= 0.3 is 0 Å². The first-order chi connectivity index (χ1) is 15.6. The van der Waals surface area contributed by atoms with Gasteiger partial charge in [0.25, 0.3) is 0 Å². The average Bonchev–Trinajstić information content (AvgIpc) is 3.52. The number of anilines is 3. The first-order valence-corrected chi connectivity index (χ1v) is 12.9. The van der Waals surface area contributed by atoms with Crippen molar-refractivity contribution in [2.75, 3.05) is 10.6 Å². The van der Waals surface area contributed by atoms with Crippen LogP contribution in [0.15, 0.2) is 58.3 Å². The zero-order valence-corrected chi connectivity index (χ0v) is 18.9. The van der Waals surface area contributed by atoms with Gasteiger partial charge in [-0.2, -0.15) is 5.10 Å². The van der Waals surface area contributed by atoms with Crippen LogP contribution in [0.4, 0.5) is 17.5 Å². The average molecular weight is 452 g/mol. The third kappa shape index (κ3) is 4.96. The van der Waals surface area contributed by atoms with Gasteiger partial charge in [0.1, 0.15) is 11.6 Å². The van der Waals surface area contributed by atoms with E-state index in [9.17, 15) is 8.42 Å². The van der Waals surface area contributed by atoms with Crippen molar-refractivity contribution in [3.05, 3.63) is 54.2 Å². The number of benzene rings is 1. The number of aromatic nitrogens is 3. The molecule has 1 aromatic carbocycles. The molecule has 0 aliphatic heterocycles. The number of hydrogen-bond acceptors (Lipinski definition) is 6. The fraction of sp³-hybridized carbons (Fsp3) is 0.417. The van der Waals surface area contributed by atoms with Crippen molar-refractivity contribution in [1.82, 2.24) is 15.2 Å². The molecular formula is C24H29N5O2S. The van der Waals surface area contributed by atoms with Gasteiger partial charge in [0.2, 0.25) is 9.84 Å². The third-order valence-corrected chi connectivity index (χ3v) is 7.96. The van der Waals surface area contributed by atoms with Crippen LogP contribution in [-0.2, 0) is 16.3 Å². The maximum atomic E-state index is 13.3. The molecule has 32 heavy (non-hydrogen) atoms. The summed E-state index contributed by atoms with van der Waals surface area (Å²) >= 11 is 0. The first kappa shape index (κ1) is 21.0. The standard InChI is InChI=1S/C24H29N5O2S/c30-32(31,20-9-5-2-6-10-20)21-15-22(25-18-7-3-1-4-8-18)26-23(16-21)27-24-14-19(28-29-24)13-17-11-12-17/h2,5-6,9-10,14-18H,1,3-4,7-8,11-13H2,(H3,25,26,27,28,29). The Kier molecular flexibility index (Phi) is 5.87. The molecule has 0 saturated heterocycles. The Morgan fingerprint density at radius 1 is 0.875 bits per heavy atom. The van der Waals surface area contributed by atoms with Crippen molar-refractivity contribution in [1.29, 1.82) is 0 Å². The van der Waals surface area contributed by atoms with Crippen molar-refractivity contribution in [3.8, 4) is 0 Å². The van der Waals surface area contributed by atoms with E-state index < -0.39 is 9.84 Å². The molecule has 5 rings (SSSR count). The predicted octanol–water partition coefficient (Wildman–Crippen LogP) is 5.08. The van der Waals surface area contributed by atoms with Gasteiger partial charge in [-0.25, -0.2) is 13.4 Å². The Balaban J connectivity index is 1.45. The molecule has 3 aromatic rings. The van der Waals surface area contributed by atoms with E-state index in [0.29, 0.717) is 23.5 Å². The molecule has 0 bridgehead atoms. The summed E-state index contributed by atoms with van der Waals surface area (Å²) in [6.45, 7) is 0. The number of rotatable bonds is 8. The second-order valence-corrected chi connectivity index (χ2v) is 10.9. The molecular weight excluding hydrogens is 422 g/mol. The number of hydrogen-bond donors (Lipinski definition) is 3. The minimum Gasteiger partial charge on any atom is -0.367 e. The van der Waals surface area contributed by atoms with Gasteiger partial charge in [-0.3, -0.25) is 5.10 Å². The molecule has 2 saturated carbocycles. The van der Waals surface area contributed by atoms with Crippen LogP contribution in [0.2, 0.25) is 0 Å². The summed E-state index contributed by atoms with van der Waals surface area (Å²) in [5, 5.41) is 14.1. The van der Waals surface area contributed by atoms with Crippen molar-refractivity contribution in [2.45, 2.75) is 67.2 Å². The highest BCUT2D eigenvalue weighted by atomic mass is 32.2. The fourth-order valence-corrected chi connectivity index (χ4v) is 5.61. The minimum absolute atomic E-state index is 0.216. The van der Waals surface area contributed by atoms with Gasteiger partial charge in [-0.05, 0) is 56.2 Å². The Labute approximate surface area is 189 Å². The monoisotopic (exact) mass is 451 g/mol. The van der Waals surface area contributed by atoms with Crippen LogP contribution < -0.4 is 10.6 Å². The molecule has 2 fully saturated rings. The highest BCUT2D eigenvalue weighted by Crippen LogP contribution is 2.33. The molecule has 3 N–H and O–H groups in total. The smallest absolute Gasteiger partial charge is 0.206 e. The molecule has 0 radical (unpaired) electrons. The van der Waals surface area contributed by atoms with E-state index in [1.807, 2.05) is 12.1 Å². The molecule has 0 spiro atoms. The van der Waals surface area contributed by atoms with Gasteiger partial charge in [-0.15, -0.1) is 0 Å². The molecule has 168 valence electrons. The van der Waals surface area contributed by atoms with Gasteiger partial charge in [0, 0.05) is 23.9 Å². The normalized spacial score (nSPS) is 17.2. The second kappa shape index (κ2) is 8.94. The number of sulfone groups is 1. The number of pyridine rings is 1. The van der Waals surface area contributed by atoms with Crippen LogP contribution in [0.25, 0.3) is 0 Å². The molecule has 8 heteroatoms.